The lowest BCUT2D eigenvalue weighted by Crippen LogP contribution is -2.68. The van der Waals surface area contributed by atoms with Crippen molar-refractivity contribution in [1.29, 1.82) is 0 Å². The molecule has 21 N–H and O–H groups in total. The molecule has 38 heteroatoms. The minimum absolute atomic E-state index is 0.0874. The molecule has 0 spiro atoms. The summed E-state index contributed by atoms with van der Waals surface area (Å²) in [6, 6.07) is 39.5. The maximum Gasteiger partial charge on any atom is 0.187 e. The number of aliphatic hydroxyl groups excluding tert-OH is 19. The van der Waals surface area contributed by atoms with E-state index in [4.69, 9.17) is 81.0 Å². The number of hydrogen-bond acceptors (Lipinski definition) is 36. The van der Waals surface area contributed by atoms with Gasteiger partial charge in [-0.25, -0.2) is 9.97 Å². The second-order valence-corrected chi connectivity index (χ2v) is 31.8. The molecule has 3 aromatic heterocycles. The first-order valence-corrected chi connectivity index (χ1v) is 42.2. The van der Waals surface area contributed by atoms with Gasteiger partial charge in [-0.15, -0.1) is 0 Å². The number of aromatic amines is 2. The molecule has 688 valence electrons. The van der Waals surface area contributed by atoms with Crippen molar-refractivity contribution in [3.63, 3.8) is 0 Å². The summed E-state index contributed by atoms with van der Waals surface area (Å²) in [6.45, 7) is 1.73. The number of benzene rings is 4. The van der Waals surface area contributed by atoms with Gasteiger partial charge in [0.15, 0.2) is 31.5 Å². The van der Waals surface area contributed by atoms with Crippen molar-refractivity contribution in [3.05, 3.63) is 144 Å². The highest BCUT2D eigenvalue weighted by Crippen LogP contribution is 2.43. The zero-order chi connectivity index (χ0) is 89.8. The predicted octanol–water partition coefficient (Wildman–Crippen LogP) is -0.358. The number of H-pyrrole nitrogens is 2. The number of rotatable bonds is 31. The number of ether oxygens (including phenoxy) is 15. The average molecular weight is 1780 g/mol. The third-order valence-corrected chi connectivity index (χ3v) is 23.7. The van der Waals surface area contributed by atoms with E-state index >= 15 is 0 Å². The van der Waals surface area contributed by atoms with E-state index in [1.807, 2.05) is 154 Å². The smallest absolute Gasteiger partial charge is 0.187 e. The molecular formula is C89H108N4O34. The first-order chi connectivity index (χ1) is 61.4. The molecule has 6 saturated heterocycles. The fourth-order valence-electron chi connectivity index (χ4n) is 17.1. The van der Waals surface area contributed by atoms with Crippen LogP contribution in [0.5, 0.6) is 23.0 Å². The minimum Gasteiger partial charge on any atom is -0.494 e. The summed E-state index contributed by atoms with van der Waals surface area (Å²) in [5, 5.41) is 208. The summed E-state index contributed by atoms with van der Waals surface area (Å²) in [4.78, 5) is 18.5. The summed E-state index contributed by atoms with van der Waals surface area (Å²) in [6.07, 6.45) is -47.6. The molecule has 38 nitrogen and oxygen atoms in total. The van der Waals surface area contributed by atoms with Crippen LogP contribution in [0.15, 0.2) is 121 Å². The fraction of sp³-hybridized carbons (Fsp3) is 0.506. The van der Waals surface area contributed by atoms with Gasteiger partial charge in [0.1, 0.15) is 169 Å². The predicted molar refractivity (Wildman–Crippen MR) is 446 cm³/mol. The van der Waals surface area contributed by atoms with Crippen LogP contribution in [0.1, 0.15) is 56.4 Å². The van der Waals surface area contributed by atoms with Gasteiger partial charge in [-0.2, -0.15) is 0 Å². The maximum absolute atomic E-state index is 11.7. The summed E-state index contributed by atoms with van der Waals surface area (Å²) in [5.41, 5.74) is 12.7. The van der Waals surface area contributed by atoms with E-state index in [1.165, 1.54) is 0 Å². The van der Waals surface area contributed by atoms with Crippen molar-refractivity contribution < 1.29 is 168 Å². The van der Waals surface area contributed by atoms with E-state index in [9.17, 15) is 97.0 Å². The van der Waals surface area contributed by atoms with Crippen LogP contribution in [0, 0.1) is 0 Å². The number of nitrogens with one attached hydrogen (secondary N) is 2. The topological polar surface area (TPSA) is 580 Å². The molecule has 8 aliphatic rings. The molecule has 11 heterocycles. The lowest BCUT2D eigenvalue weighted by Gasteiger charge is -2.50. The van der Waals surface area contributed by atoms with E-state index in [1.54, 1.807) is 0 Å². The summed E-state index contributed by atoms with van der Waals surface area (Å²) in [5.74, 6) is 2.68. The lowest BCUT2D eigenvalue weighted by atomic mass is 9.92. The SMILES string of the molecule is CCOc1ccc(-c2c3nc(c(-c4ccc(OCC)cc4)c4ccc([nH]4)c(-c4ccc(OCCC[C@@H]5O[C@H](CO)[C@@H](O[C@H]6O[C@H](CO)[C@@H](O[C@H]7O[C@H](CO)[C@@H](O[C@H]8O[C@H](CO)[C@@H](O[C@H]9O[C@H](CO)[C@@H](O[C@H]%10O[C@H](CO)[C@@H](O)[C@H](O)[C@H]%10O)[C@H](O)[C@H]9O)[C@H](O)[C@H]8O)[C@H](O)[C@H]7O)[C@H](O)[C@H]6O)[C@H](O)[C@H]5O)cc4)c4nc(c(-c5ccc(OCC)cc5)c5ccc2[nH]5)C=C4)C=C3)cc1. The van der Waals surface area contributed by atoms with Crippen LogP contribution in [-0.2, 0) is 52.1 Å². The molecule has 0 unspecified atom stereocenters. The van der Waals surface area contributed by atoms with Gasteiger partial charge < -0.3 is 178 Å². The lowest BCUT2D eigenvalue weighted by molar-refractivity contribution is -0.395. The summed E-state index contributed by atoms with van der Waals surface area (Å²) >= 11 is 0. The molecule has 15 rings (SSSR count). The number of nitrogens with zero attached hydrogens (tertiary/aromatic N) is 2. The Morgan fingerprint density at radius 1 is 0.268 bits per heavy atom. The van der Waals surface area contributed by atoms with Crippen molar-refractivity contribution >= 4 is 46.4 Å². The second kappa shape index (κ2) is 41.3. The van der Waals surface area contributed by atoms with Gasteiger partial charge in [0.2, 0.25) is 0 Å². The Kier molecular flexibility index (Phi) is 30.3. The van der Waals surface area contributed by atoms with Gasteiger partial charge in [0.05, 0.1) is 94.9 Å². The summed E-state index contributed by atoms with van der Waals surface area (Å²) < 4.78 is 87.3. The van der Waals surface area contributed by atoms with Crippen molar-refractivity contribution in [1.82, 2.24) is 19.9 Å². The molecule has 0 radical (unpaired) electrons. The van der Waals surface area contributed by atoms with Crippen LogP contribution >= 0.6 is 0 Å². The van der Waals surface area contributed by atoms with Crippen molar-refractivity contribution in [3.8, 4) is 67.5 Å². The Hall–Kier alpha value is -8.52. The van der Waals surface area contributed by atoms with Crippen LogP contribution in [0.4, 0.5) is 0 Å². The highest BCUT2D eigenvalue weighted by atomic mass is 16.8. The van der Waals surface area contributed by atoms with E-state index in [2.05, 4.69) is 22.1 Å². The highest BCUT2D eigenvalue weighted by Gasteiger charge is 2.58. The molecule has 4 aromatic carbocycles. The average Bonchev–Trinajstić information content (AvgIpc) is 1.75. The molecule has 127 heavy (non-hydrogen) atoms. The van der Waals surface area contributed by atoms with Gasteiger partial charge >= 0.3 is 0 Å². The first kappa shape index (κ1) is 93.2. The Morgan fingerprint density at radius 2 is 0.504 bits per heavy atom. The number of aliphatic hydroxyl groups is 19. The molecule has 0 saturated carbocycles. The fourth-order valence-corrected chi connectivity index (χ4v) is 17.1. The molecule has 7 aromatic rings. The van der Waals surface area contributed by atoms with Gasteiger partial charge in [0, 0.05) is 44.3 Å². The first-order valence-electron chi connectivity index (χ1n) is 42.2. The number of fused-ring (bicyclic) bond motifs is 8. The van der Waals surface area contributed by atoms with Gasteiger partial charge in [0.25, 0.3) is 0 Å². The zero-order valence-electron chi connectivity index (χ0n) is 69.2. The minimum atomic E-state index is -2.21. The normalized spacial score (nSPS) is 33.9. The Morgan fingerprint density at radius 3 is 0.772 bits per heavy atom. The Balaban J connectivity index is 0.589. The molecule has 0 aliphatic carbocycles. The van der Waals surface area contributed by atoms with Crippen LogP contribution in [0.3, 0.4) is 0 Å². The Labute approximate surface area is 726 Å². The van der Waals surface area contributed by atoms with Crippen LogP contribution in [-0.4, -0.2) is 367 Å². The third-order valence-electron chi connectivity index (χ3n) is 23.7. The molecule has 6 fully saturated rings. The van der Waals surface area contributed by atoms with Crippen LogP contribution in [0.25, 0.3) is 90.9 Å². The maximum atomic E-state index is 11.7. The molecule has 0 amide bonds. The van der Waals surface area contributed by atoms with E-state index in [0.29, 0.717) is 42.7 Å². The zero-order valence-corrected chi connectivity index (χ0v) is 69.2. The highest BCUT2D eigenvalue weighted by molar-refractivity contribution is 6.00. The van der Waals surface area contributed by atoms with E-state index in [0.717, 1.165) is 89.5 Å². The summed E-state index contributed by atoms with van der Waals surface area (Å²) in [7, 11) is 0. The number of hydrogen-bond donors (Lipinski definition) is 21. The number of aromatic nitrogens is 4. The monoisotopic (exact) mass is 1780 g/mol. The Bertz CT molecular complexity index is 4970. The molecule has 8 aliphatic heterocycles. The van der Waals surface area contributed by atoms with Gasteiger partial charge in [-0.3, -0.25) is 0 Å². The second-order valence-electron chi connectivity index (χ2n) is 31.8. The molecule has 30 atom stereocenters. The van der Waals surface area contributed by atoms with Crippen LogP contribution < -0.4 is 18.9 Å². The van der Waals surface area contributed by atoms with Gasteiger partial charge in [-0.1, -0.05) is 48.5 Å². The van der Waals surface area contributed by atoms with E-state index < -0.39 is 224 Å². The van der Waals surface area contributed by atoms with Crippen LogP contribution in [0.2, 0.25) is 0 Å². The standard InChI is InChI=1S/C89H108N4O34/c1-4-113-44-17-9-40(10-18-44)63-48-25-27-50(90-48)64(41-11-19-45(20-12-41)114-5-2)52-29-31-54(92-52)66(55-32-30-53(93-55)65(51-28-26-49(63)91-51)42-13-21-46(22-14-42)115-6-3)43-15-23-47(24-16-43)116-33-7-8-56-67(100)70(103)80(58(35-95)117-56)123-86-76(109)72(105)82(60(37-97)119-86)125-88-78(111)74(107)84(62(39-99)121-88)127-89-79(112)73(106)83(61(38-98)122-89)126-87-77(110)71(104)81(59(36-96)120-87)124-85-75(108)69(102)68(101)57(34-94)118-85/h9-32,56-62,67-90,93-112H,4-8,33-39H2,1-3H3/t56-,57+,58+,59+,60+,61+,62+,67-,68+,69-,70+,71+,72+,73+,74+,75+,76+,77+,78+,79+,80+,81+,82+,83+,84+,85+,86+,87+,88+,89+/m0/s1. The van der Waals surface area contributed by atoms with Crippen molar-refractivity contribution in [2.45, 2.75) is 218 Å². The molecule has 8 bridgehead atoms. The molecular weight excluding hydrogens is 1670 g/mol. The van der Waals surface area contributed by atoms with Crippen molar-refractivity contribution in [2.75, 3.05) is 66.1 Å². The van der Waals surface area contributed by atoms with E-state index in [-0.39, 0.29) is 19.4 Å². The third kappa shape index (κ3) is 19.5. The van der Waals surface area contributed by atoms with Gasteiger partial charge in [-0.05, 0) is 153 Å². The van der Waals surface area contributed by atoms with Crippen molar-refractivity contribution in [2.24, 2.45) is 0 Å². The quantitative estimate of drug-likeness (QED) is 0.0247. The largest absolute Gasteiger partial charge is 0.494 e.